The molecule has 2 aromatic rings. The first-order valence-corrected chi connectivity index (χ1v) is 7.24. The summed E-state index contributed by atoms with van der Waals surface area (Å²) < 4.78 is 7.05. The zero-order valence-electron chi connectivity index (χ0n) is 10.4. The molecule has 2 heterocycles. The van der Waals surface area contributed by atoms with E-state index in [1.165, 1.54) is 30.6 Å². The summed E-state index contributed by atoms with van der Waals surface area (Å²) in [5.74, 6) is 0.304. The number of carbonyl (C=O) groups excluding carboxylic acids is 1. The van der Waals surface area contributed by atoms with Crippen molar-refractivity contribution in [3.8, 4) is 0 Å². The van der Waals surface area contributed by atoms with E-state index >= 15 is 0 Å². The van der Waals surface area contributed by atoms with Gasteiger partial charge in [-0.2, -0.15) is 0 Å². The predicted octanol–water partition coefficient (Wildman–Crippen LogP) is 3.23. The highest BCUT2D eigenvalue weighted by Gasteiger charge is 2.28. The van der Waals surface area contributed by atoms with Gasteiger partial charge in [-0.05, 0) is 25.7 Å². The lowest BCUT2D eigenvalue weighted by Gasteiger charge is -2.09. The molecule has 0 saturated heterocycles. The Labute approximate surface area is 110 Å². The maximum atomic E-state index is 12.1. The quantitative estimate of drug-likeness (QED) is 0.799. The summed E-state index contributed by atoms with van der Waals surface area (Å²) >= 11 is 1.68. The van der Waals surface area contributed by atoms with E-state index in [2.05, 4.69) is 4.98 Å². The minimum Gasteiger partial charge on any atom is -0.461 e. The van der Waals surface area contributed by atoms with E-state index in [0.717, 1.165) is 4.83 Å². The van der Waals surface area contributed by atoms with Gasteiger partial charge in [-0.3, -0.25) is 4.40 Å². The summed E-state index contributed by atoms with van der Waals surface area (Å²) in [5.41, 5.74) is 0.696. The molecule has 3 rings (SSSR count). The van der Waals surface area contributed by atoms with E-state index in [9.17, 15) is 4.79 Å². The molecule has 0 unspecified atom stereocenters. The third kappa shape index (κ3) is 1.82. The van der Waals surface area contributed by atoms with E-state index < -0.39 is 0 Å². The highest BCUT2D eigenvalue weighted by atomic mass is 32.1. The number of rotatable bonds is 3. The van der Waals surface area contributed by atoms with Crippen LogP contribution in [0.5, 0.6) is 0 Å². The van der Waals surface area contributed by atoms with Crippen LogP contribution in [0.25, 0.3) is 4.83 Å². The molecule has 5 heteroatoms. The minimum absolute atomic E-state index is 0.219. The molecule has 0 spiro atoms. The van der Waals surface area contributed by atoms with Gasteiger partial charge >= 0.3 is 5.97 Å². The second-order valence-corrected chi connectivity index (χ2v) is 5.68. The van der Waals surface area contributed by atoms with Crippen molar-refractivity contribution in [2.45, 2.75) is 38.5 Å². The Hall–Kier alpha value is -1.36. The number of fused-ring (bicyclic) bond motifs is 1. The second kappa shape index (κ2) is 4.72. The smallest absolute Gasteiger partial charge is 0.356 e. The lowest BCUT2D eigenvalue weighted by Crippen LogP contribution is -2.11. The fourth-order valence-electron chi connectivity index (χ4n) is 2.67. The average Bonchev–Trinajstić information content (AvgIpc) is 3.04. The molecule has 1 saturated carbocycles. The molecule has 1 aliphatic rings. The highest BCUT2D eigenvalue weighted by molar-refractivity contribution is 7.17. The molecule has 2 aromatic heterocycles. The molecule has 0 aliphatic heterocycles. The van der Waals surface area contributed by atoms with Crippen molar-refractivity contribution in [1.29, 1.82) is 0 Å². The summed E-state index contributed by atoms with van der Waals surface area (Å²) in [6, 6.07) is 0. The Morgan fingerprint density at radius 1 is 1.56 bits per heavy atom. The van der Waals surface area contributed by atoms with Gasteiger partial charge in [0, 0.05) is 4.88 Å². The minimum atomic E-state index is -0.219. The van der Waals surface area contributed by atoms with Crippen LogP contribution in [-0.2, 0) is 4.74 Å². The Balaban J connectivity index is 2.08. The van der Waals surface area contributed by atoms with E-state index in [1.54, 1.807) is 17.7 Å². The summed E-state index contributed by atoms with van der Waals surface area (Å²) in [7, 11) is 0. The van der Waals surface area contributed by atoms with Crippen molar-refractivity contribution < 1.29 is 9.53 Å². The fourth-order valence-corrected chi connectivity index (χ4v) is 3.93. The average molecular weight is 264 g/mol. The van der Waals surface area contributed by atoms with Crippen molar-refractivity contribution in [1.82, 2.24) is 9.38 Å². The van der Waals surface area contributed by atoms with Gasteiger partial charge in [0.1, 0.15) is 16.9 Å². The number of hydrogen-bond donors (Lipinski definition) is 0. The SMILES string of the molecule is CCOC(=O)c1c(C2CCCC2)sc2cncn12. The third-order valence-electron chi connectivity index (χ3n) is 3.49. The molecule has 0 N–H and O–H groups in total. The Morgan fingerprint density at radius 2 is 2.33 bits per heavy atom. The number of nitrogens with zero attached hydrogens (tertiary/aromatic N) is 2. The number of hydrogen-bond acceptors (Lipinski definition) is 4. The molecule has 0 atom stereocenters. The van der Waals surface area contributed by atoms with E-state index in [1.807, 2.05) is 17.5 Å². The lowest BCUT2D eigenvalue weighted by molar-refractivity contribution is 0.0516. The van der Waals surface area contributed by atoms with Gasteiger partial charge in [-0.25, -0.2) is 9.78 Å². The van der Waals surface area contributed by atoms with Gasteiger partial charge in [0.2, 0.25) is 0 Å². The van der Waals surface area contributed by atoms with Crippen LogP contribution in [0.3, 0.4) is 0 Å². The molecule has 0 radical (unpaired) electrons. The van der Waals surface area contributed by atoms with Gasteiger partial charge in [-0.15, -0.1) is 11.3 Å². The van der Waals surface area contributed by atoms with Gasteiger partial charge in [0.25, 0.3) is 0 Å². The van der Waals surface area contributed by atoms with Crippen LogP contribution in [0, 0.1) is 0 Å². The van der Waals surface area contributed by atoms with Crippen LogP contribution in [0.1, 0.15) is 53.9 Å². The lowest BCUT2D eigenvalue weighted by atomic mass is 10.0. The fraction of sp³-hybridized carbons (Fsp3) is 0.538. The van der Waals surface area contributed by atoms with E-state index in [0.29, 0.717) is 18.2 Å². The molecule has 96 valence electrons. The number of esters is 1. The number of ether oxygens (including phenoxy) is 1. The Morgan fingerprint density at radius 3 is 3.06 bits per heavy atom. The number of carbonyl (C=O) groups is 1. The van der Waals surface area contributed by atoms with Crippen molar-refractivity contribution in [3.05, 3.63) is 23.1 Å². The zero-order chi connectivity index (χ0) is 12.5. The number of imidazole rings is 1. The van der Waals surface area contributed by atoms with Crippen LogP contribution in [0.4, 0.5) is 0 Å². The Kier molecular flexibility index (Phi) is 3.07. The van der Waals surface area contributed by atoms with Gasteiger partial charge < -0.3 is 4.74 Å². The van der Waals surface area contributed by atoms with Crippen LogP contribution in [-0.4, -0.2) is 22.0 Å². The van der Waals surface area contributed by atoms with E-state index in [-0.39, 0.29) is 5.97 Å². The Bertz CT molecular complexity index is 567. The van der Waals surface area contributed by atoms with E-state index in [4.69, 9.17) is 4.74 Å². The summed E-state index contributed by atoms with van der Waals surface area (Å²) in [6.07, 6.45) is 8.41. The van der Waals surface area contributed by atoms with Crippen LogP contribution in [0.2, 0.25) is 0 Å². The number of aromatic nitrogens is 2. The monoisotopic (exact) mass is 264 g/mol. The molecule has 0 bridgehead atoms. The van der Waals surface area contributed by atoms with Crippen LogP contribution < -0.4 is 0 Å². The molecule has 1 aliphatic carbocycles. The van der Waals surface area contributed by atoms with Gasteiger partial charge in [-0.1, -0.05) is 12.8 Å². The molecule has 4 nitrogen and oxygen atoms in total. The maximum absolute atomic E-state index is 12.1. The van der Waals surface area contributed by atoms with Crippen LogP contribution >= 0.6 is 11.3 Å². The molecule has 18 heavy (non-hydrogen) atoms. The van der Waals surface area contributed by atoms with Crippen molar-refractivity contribution in [3.63, 3.8) is 0 Å². The van der Waals surface area contributed by atoms with Gasteiger partial charge in [0.15, 0.2) is 0 Å². The molecule has 0 aromatic carbocycles. The number of thiazole rings is 1. The van der Waals surface area contributed by atoms with Crippen molar-refractivity contribution in [2.24, 2.45) is 0 Å². The largest absolute Gasteiger partial charge is 0.461 e. The van der Waals surface area contributed by atoms with Crippen molar-refractivity contribution >= 4 is 22.1 Å². The summed E-state index contributed by atoms with van der Waals surface area (Å²) in [5, 5.41) is 0. The highest BCUT2D eigenvalue weighted by Crippen LogP contribution is 2.40. The maximum Gasteiger partial charge on any atom is 0.356 e. The summed E-state index contributed by atoms with van der Waals surface area (Å²) in [6.45, 7) is 2.25. The molecular weight excluding hydrogens is 248 g/mol. The van der Waals surface area contributed by atoms with Crippen LogP contribution in [0.15, 0.2) is 12.5 Å². The third-order valence-corrected chi connectivity index (χ3v) is 4.75. The van der Waals surface area contributed by atoms with Gasteiger partial charge in [0.05, 0.1) is 12.8 Å². The normalized spacial score (nSPS) is 16.5. The molecule has 0 amide bonds. The molecular formula is C13H16N2O2S. The second-order valence-electron chi connectivity index (χ2n) is 4.62. The first-order chi connectivity index (χ1) is 8.81. The van der Waals surface area contributed by atoms with Crippen molar-refractivity contribution in [2.75, 3.05) is 6.61 Å². The standard InChI is InChI=1S/C13H16N2O2S/c1-2-17-13(16)11-12(9-5-3-4-6-9)18-10-7-14-8-15(10)11/h7-9H,2-6H2,1H3. The first-order valence-electron chi connectivity index (χ1n) is 6.43. The molecule has 1 fully saturated rings. The zero-order valence-corrected chi connectivity index (χ0v) is 11.2. The first kappa shape index (κ1) is 11.7. The summed E-state index contributed by atoms with van der Waals surface area (Å²) in [4.78, 5) is 18.4. The topological polar surface area (TPSA) is 43.6 Å². The predicted molar refractivity (Wildman–Crippen MR) is 70.2 cm³/mol.